The molecule has 0 aliphatic rings. The van der Waals surface area contributed by atoms with E-state index < -0.39 is 44.8 Å². The summed E-state index contributed by atoms with van der Waals surface area (Å²) < 4.78 is 14.1. The van der Waals surface area contributed by atoms with Crippen molar-refractivity contribution in [2.75, 3.05) is 6.61 Å². The van der Waals surface area contributed by atoms with Gasteiger partial charge in [0.1, 0.15) is 18.3 Å². The smallest absolute Gasteiger partial charge is 0.469 e. The molecule has 0 aliphatic carbocycles. The Balaban J connectivity index is 4.34. The fourth-order valence-corrected chi connectivity index (χ4v) is 1.18. The molecule has 0 saturated carbocycles. The van der Waals surface area contributed by atoms with E-state index in [-0.39, 0.29) is 0 Å². The summed E-state index contributed by atoms with van der Waals surface area (Å²) >= 11 is 0. The summed E-state index contributed by atoms with van der Waals surface area (Å²) in [5, 5.41) is 44.4. The average molecular weight is 276 g/mol. The Morgan fingerprint density at radius 1 is 1.12 bits per heavy atom. The fourth-order valence-electron chi connectivity index (χ4n) is 0.833. The first-order chi connectivity index (χ1) is 7.56. The molecule has 0 aromatic rings. The van der Waals surface area contributed by atoms with Crippen molar-refractivity contribution in [1.29, 1.82) is 0 Å². The van der Waals surface area contributed by atoms with E-state index in [1.807, 2.05) is 0 Å². The normalized spacial score (nSPS) is 19.4. The summed E-state index contributed by atoms with van der Waals surface area (Å²) in [5.74, 6) is -1.83. The third kappa shape index (κ3) is 6.05. The number of rotatable bonds is 7. The first-order valence-corrected chi connectivity index (χ1v) is 5.74. The number of phosphoric acid groups is 1. The number of hydrogen-bond donors (Lipinski definition) is 7. The number of carboxylic acid groups (broad SMARTS) is 1. The van der Waals surface area contributed by atoms with Gasteiger partial charge < -0.3 is 35.3 Å². The fraction of sp³-hybridized carbons (Fsp3) is 0.833. The second-order valence-electron chi connectivity index (χ2n) is 3.12. The van der Waals surface area contributed by atoms with E-state index in [4.69, 9.17) is 35.3 Å². The lowest BCUT2D eigenvalue weighted by Gasteiger charge is -2.24. The van der Waals surface area contributed by atoms with Crippen LogP contribution in [-0.2, 0) is 13.9 Å². The Morgan fingerprint density at radius 2 is 1.59 bits per heavy atom. The third-order valence-electron chi connectivity index (χ3n) is 1.73. The van der Waals surface area contributed by atoms with E-state index in [0.29, 0.717) is 0 Å². The molecule has 0 aliphatic heterocycles. The standard InChI is InChI=1S/C6H13O10P/c7-2(1-16-17(13,14)15)3(8)4(9)5(10)6(11)12/h2-5,7-10H,1H2,(H,11,12)(H2,13,14,15)/t2-,3+,4+,5+/m0/s1. The van der Waals surface area contributed by atoms with Crippen LogP contribution >= 0.6 is 7.82 Å². The van der Waals surface area contributed by atoms with Crippen LogP contribution in [0.2, 0.25) is 0 Å². The summed E-state index contributed by atoms with van der Waals surface area (Å²) in [7, 11) is -4.86. The average Bonchev–Trinajstić information content (AvgIpc) is 2.21. The van der Waals surface area contributed by atoms with E-state index >= 15 is 0 Å². The Labute approximate surface area is 94.9 Å². The predicted octanol–water partition coefficient (Wildman–Crippen LogP) is -3.38. The number of carbonyl (C=O) groups is 1. The number of aliphatic hydroxyl groups excluding tert-OH is 4. The minimum Gasteiger partial charge on any atom is -0.479 e. The summed E-state index contributed by atoms with van der Waals surface area (Å²) in [5.41, 5.74) is 0. The highest BCUT2D eigenvalue weighted by Crippen LogP contribution is 2.35. The van der Waals surface area contributed by atoms with Crippen LogP contribution in [-0.4, -0.2) is 72.3 Å². The van der Waals surface area contributed by atoms with E-state index in [1.54, 1.807) is 0 Å². The molecule has 0 rings (SSSR count). The first kappa shape index (κ1) is 16.4. The molecule has 0 saturated heterocycles. The largest absolute Gasteiger partial charge is 0.479 e. The molecule has 7 N–H and O–H groups in total. The van der Waals surface area contributed by atoms with Crippen LogP contribution in [0, 0.1) is 0 Å². The molecule has 0 aromatic carbocycles. The van der Waals surface area contributed by atoms with Crippen molar-refractivity contribution in [1.82, 2.24) is 0 Å². The lowest BCUT2D eigenvalue weighted by Crippen LogP contribution is -2.48. The molecule has 4 atom stereocenters. The maximum Gasteiger partial charge on any atom is 0.469 e. The Bertz CT molecular complexity index is 299. The zero-order valence-corrected chi connectivity index (χ0v) is 9.21. The minimum atomic E-state index is -4.86. The van der Waals surface area contributed by atoms with Crippen LogP contribution in [0.4, 0.5) is 0 Å². The highest BCUT2D eigenvalue weighted by Gasteiger charge is 2.35. The lowest BCUT2D eigenvalue weighted by molar-refractivity contribution is -0.164. The Hall–Kier alpha value is -0.580. The second-order valence-corrected chi connectivity index (χ2v) is 4.36. The topological polar surface area (TPSA) is 185 Å². The van der Waals surface area contributed by atoms with Crippen molar-refractivity contribution in [2.45, 2.75) is 24.4 Å². The number of hydrogen-bond acceptors (Lipinski definition) is 7. The molecule has 102 valence electrons. The molecule has 0 unspecified atom stereocenters. The van der Waals surface area contributed by atoms with Crippen LogP contribution < -0.4 is 0 Å². The van der Waals surface area contributed by atoms with Gasteiger partial charge in [-0.15, -0.1) is 0 Å². The van der Waals surface area contributed by atoms with Crippen LogP contribution in [0.25, 0.3) is 0 Å². The third-order valence-corrected chi connectivity index (χ3v) is 2.22. The van der Waals surface area contributed by atoms with Gasteiger partial charge in [0.2, 0.25) is 0 Å². The molecular weight excluding hydrogens is 263 g/mol. The minimum absolute atomic E-state index is 1.05. The monoisotopic (exact) mass is 276 g/mol. The van der Waals surface area contributed by atoms with Crippen LogP contribution in [0.3, 0.4) is 0 Å². The number of aliphatic carboxylic acids is 1. The van der Waals surface area contributed by atoms with Gasteiger partial charge in [-0.05, 0) is 0 Å². The van der Waals surface area contributed by atoms with E-state index in [2.05, 4.69) is 4.52 Å². The van der Waals surface area contributed by atoms with Crippen molar-refractivity contribution in [3.8, 4) is 0 Å². The molecule has 0 radical (unpaired) electrons. The van der Waals surface area contributed by atoms with Gasteiger partial charge in [-0.2, -0.15) is 0 Å². The van der Waals surface area contributed by atoms with Gasteiger partial charge in [0.25, 0.3) is 0 Å². The summed E-state index contributed by atoms with van der Waals surface area (Å²) in [4.78, 5) is 26.8. The molecule has 10 nitrogen and oxygen atoms in total. The van der Waals surface area contributed by atoms with E-state index in [9.17, 15) is 9.36 Å². The van der Waals surface area contributed by atoms with E-state index in [0.717, 1.165) is 0 Å². The first-order valence-electron chi connectivity index (χ1n) is 4.21. The van der Waals surface area contributed by atoms with Crippen molar-refractivity contribution < 1.29 is 49.2 Å². The van der Waals surface area contributed by atoms with Crippen LogP contribution in [0.1, 0.15) is 0 Å². The van der Waals surface area contributed by atoms with Crippen molar-refractivity contribution in [3.63, 3.8) is 0 Å². The zero-order chi connectivity index (χ0) is 13.8. The molecule has 0 amide bonds. The number of phosphoric ester groups is 1. The molecule has 11 heteroatoms. The molecule has 0 aromatic heterocycles. The van der Waals surface area contributed by atoms with Crippen LogP contribution in [0.15, 0.2) is 0 Å². The number of carboxylic acids is 1. The van der Waals surface area contributed by atoms with Gasteiger partial charge in [-0.25, -0.2) is 9.36 Å². The van der Waals surface area contributed by atoms with Crippen molar-refractivity contribution in [2.24, 2.45) is 0 Å². The van der Waals surface area contributed by atoms with Gasteiger partial charge in [0.05, 0.1) is 6.61 Å². The second kappa shape index (κ2) is 6.38. The zero-order valence-electron chi connectivity index (χ0n) is 8.32. The van der Waals surface area contributed by atoms with Crippen molar-refractivity contribution in [3.05, 3.63) is 0 Å². The van der Waals surface area contributed by atoms with Gasteiger partial charge in [-0.3, -0.25) is 4.52 Å². The molecule has 0 spiro atoms. The maximum absolute atomic E-state index is 10.2. The molecular formula is C6H13O10P. The van der Waals surface area contributed by atoms with Gasteiger partial charge in [-0.1, -0.05) is 0 Å². The highest BCUT2D eigenvalue weighted by atomic mass is 31.2. The quantitative estimate of drug-likeness (QED) is 0.231. The molecule has 0 bridgehead atoms. The molecule has 17 heavy (non-hydrogen) atoms. The lowest BCUT2D eigenvalue weighted by atomic mass is 10.0. The Kier molecular flexibility index (Phi) is 6.16. The highest BCUT2D eigenvalue weighted by molar-refractivity contribution is 7.46. The van der Waals surface area contributed by atoms with Gasteiger partial charge in [0, 0.05) is 0 Å². The molecule has 0 heterocycles. The van der Waals surface area contributed by atoms with Gasteiger partial charge in [0.15, 0.2) is 6.10 Å². The molecule has 0 fully saturated rings. The summed E-state index contributed by atoms with van der Waals surface area (Å²) in [6, 6.07) is 0. The SMILES string of the molecule is O=C(O)[C@H](O)[C@H](O)[C@H](O)[C@@H](O)COP(=O)(O)O. The maximum atomic E-state index is 10.2. The van der Waals surface area contributed by atoms with E-state index in [1.165, 1.54) is 0 Å². The summed E-state index contributed by atoms with van der Waals surface area (Å²) in [6.45, 7) is -1.05. The predicted molar refractivity (Wildman–Crippen MR) is 49.7 cm³/mol. The number of aliphatic hydroxyl groups is 4. The van der Waals surface area contributed by atoms with Crippen LogP contribution in [0.5, 0.6) is 0 Å². The van der Waals surface area contributed by atoms with Gasteiger partial charge >= 0.3 is 13.8 Å². The van der Waals surface area contributed by atoms with Crippen molar-refractivity contribution >= 4 is 13.8 Å². The summed E-state index contributed by atoms with van der Waals surface area (Å²) in [6.07, 6.45) is -8.71. The Morgan fingerprint density at radius 3 is 1.94 bits per heavy atom.